The summed E-state index contributed by atoms with van der Waals surface area (Å²) in [6, 6.07) is 26.9. The quantitative estimate of drug-likeness (QED) is 0.632. The lowest BCUT2D eigenvalue weighted by Crippen LogP contribution is -1.98. The molecule has 0 bridgehead atoms. The molecule has 0 aliphatic rings. The van der Waals surface area contributed by atoms with Gasteiger partial charge in [0.2, 0.25) is 0 Å². The molecule has 1 heteroatoms. The van der Waals surface area contributed by atoms with E-state index in [1.54, 1.807) is 0 Å². The zero-order chi connectivity index (χ0) is 14.5. The molecule has 0 saturated carbocycles. The normalized spacial score (nSPS) is 10.3. The molecular weight excluding hydrogens is 256 g/mol. The van der Waals surface area contributed by atoms with E-state index in [4.69, 9.17) is 4.74 Å². The lowest BCUT2D eigenvalue weighted by atomic mass is 10.0. The van der Waals surface area contributed by atoms with Crippen molar-refractivity contribution in [3.8, 4) is 16.9 Å². The lowest BCUT2D eigenvalue weighted by molar-refractivity contribution is 0.305. The van der Waals surface area contributed by atoms with Crippen molar-refractivity contribution in [2.75, 3.05) is 0 Å². The Labute approximate surface area is 125 Å². The van der Waals surface area contributed by atoms with Crippen LogP contribution in [0.15, 0.2) is 78.9 Å². The predicted molar refractivity (Wildman–Crippen MR) is 87.4 cm³/mol. The highest BCUT2D eigenvalue weighted by atomic mass is 16.5. The standard InChI is InChI=1S/C20H18O/c1-16-9-8-14-19(18-12-6-3-7-13-18)20(16)21-15-17-10-4-2-5-11-17/h2-14H,15H2,1H3. The molecule has 104 valence electrons. The molecule has 21 heavy (non-hydrogen) atoms. The van der Waals surface area contributed by atoms with Gasteiger partial charge in [-0.1, -0.05) is 78.9 Å². The van der Waals surface area contributed by atoms with Crippen LogP contribution in [-0.4, -0.2) is 0 Å². The van der Waals surface area contributed by atoms with Crippen LogP contribution in [0.4, 0.5) is 0 Å². The first-order chi connectivity index (χ1) is 10.3. The molecule has 0 amide bonds. The van der Waals surface area contributed by atoms with Gasteiger partial charge in [-0.2, -0.15) is 0 Å². The molecule has 0 N–H and O–H groups in total. The van der Waals surface area contributed by atoms with E-state index in [1.165, 1.54) is 11.1 Å². The van der Waals surface area contributed by atoms with E-state index in [1.807, 2.05) is 24.3 Å². The van der Waals surface area contributed by atoms with Crippen LogP contribution < -0.4 is 4.74 Å². The van der Waals surface area contributed by atoms with E-state index in [0.29, 0.717) is 6.61 Å². The third kappa shape index (κ3) is 3.14. The van der Waals surface area contributed by atoms with E-state index < -0.39 is 0 Å². The Hall–Kier alpha value is -2.54. The summed E-state index contributed by atoms with van der Waals surface area (Å²) in [5, 5.41) is 0. The zero-order valence-electron chi connectivity index (χ0n) is 12.1. The van der Waals surface area contributed by atoms with E-state index in [-0.39, 0.29) is 0 Å². The van der Waals surface area contributed by atoms with Crippen LogP contribution in [0, 0.1) is 6.92 Å². The highest BCUT2D eigenvalue weighted by molar-refractivity contribution is 5.72. The van der Waals surface area contributed by atoms with E-state index in [9.17, 15) is 0 Å². The van der Waals surface area contributed by atoms with Crippen LogP contribution in [-0.2, 0) is 6.61 Å². The predicted octanol–water partition coefficient (Wildman–Crippen LogP) is 5.24. The molecule has 0 aromatic heterocycles. The average Bonchev–Trinajstić information content (AvgIpc) is 2.55. The zero-order valence-corrected chi connectivity index (χ0v) is 12.1. The molecule has 0 radical (unpaired) electrons. The molecule has 0 saturated heterocycles. The number of para-hydroxylation sites is 1. The third-order valence-electron chi connectivity index (χ3n) is 3.52. The fraction of sp³-hybridized carbons (Fsp3) is 0.100. The first kappa shape index (κ1) is 13.4. The van der Waals surface area contributed by atoms with Crippen LogP contribution in [0.5, 0.6) is 5.75 Å². The molecule has 0 unspecified atom stereocenters. The van der Waals surface area contributed by atoms with Crippen LogP contribution >= 0.6 is 0 Å². The summed E-state index contributed by atoms with van der Waals surface area (Å²) in [6.07, 6.45) is 0. The molecule has 1 nitrogen and oxygen atoms in total. The maximum Gasteiger partial charge on any atom is 0.130 e. The summed E-state index contributed by atoms with van der Waals surface area (Å²) in [6.45, 7) is 2.68. The van der Waals surface area contributed by atoms with Crippen molar-refractivity contribution in [3.05, 3.63) is 90.0 Å². The number of hydrogen-bond donors (Lipinski definition) is 0. The second-order valence-electron chi connectivity index (χ2n) is 5.09. The molecule has 0 atom stereocenters. The fourth-order valence-electron chi connectivity index (χ4n) is 2.42. The van der Waals surface area contributed by atoms with Crippen molar-refractivity contribution < 1.29 is 4.74 Å². The average molecular weight is 274 g/mol. The van der Waals surface area contributed by atoms with Gasteiger partial charge in [0.25, 0.3) is 0 Å². The highest BCUT2D eigenvalue weighted by Crippen LogP contribution is 2.33. The Kier molecular flexibility index (Phi) is 4.02. The summed E-state index contributed by atoms with van der Waals surface area (Å²) in [5.41, 5.74) is 4.67. The first-order valence-corrected chi connectivity index (χ1v) is 7.16. The van der Waals surface area contributed by atoms with Gasteiger partial charge in [0.1, 0.15) is 12.4 Å². The molecule has 0 spiro atoms. The smallest absolute Gasteiger partial charge is 0.130 e. The van der Waals surface area contributed by atoms with Crippen LogP contribution in [0.3, 0.4) is 0 Å². The van der Waals surface area contributed by atoms with E-state index in [2.05, 4.69) is 61.5 Å². The number of hydrogen-bond acceptors (Lipinski definition) is 1. The van der Waals surface area contributed by atoms with Crippen LogP contribution in [0.2, 0.25) is 0 Å². The third-order valence-corrected chi connectivity index (χ3v) is 3.52. The van der Waals surface area contributed by atoms with Crippen molar-refractivity contribution in [1.82, 2.24) is 0 Å². The minimum atomic E-state index is 0.589. The SMILES string of the molecule is Cc1cccc(-c2ccccc2)c1OCc1ccccc1. The van der Waals surface area contributed by atoms with Crippen LogP contribution in [0.1, 0.15) is 11.1 Å². The van der Waals surface area contributed by atoms with Gasteiger partial charge < -0.3 is 4.74 Å². The molecule has 0 aliphatic heterocycles. The molecule has 3 aromatic rings. The molecular formula is C20H18O. The Balaban J connectivity index is 1.91. The van der Waals surface area contributed by atoms with Gasteiger partial charge in [-0.25, -0.2) is 0 Å². The van der Waals surface area contributed by atoms with Crippen molar-refractivity contribution in [2.45, 2.75) is 13.5 Å². The maximum absolute atomic E-state index is 6.11. The number of rotatable bonds is 4. The largest absolute Gasteiger partial charge is 0.488 e. The maximum atomic E-state index is 6.11. The second-order valence-corrected chi connectivity index (χ2v) is 5.09. The minimum absolute atomic E-state index is 0.589. The van der Waals surface area contributed by atoms with Gasteiger partial charge in [-0.05, 0) is 23.6 Å². The first-order valence-electron chi connectivity index (χ1n) is 7.16. The molecule has 0 aliphatic carbocycles. The molecule has 3 aromatic carbocycles. The minimum Gasteiger partial charge on any atom is -0.488 e. The Morgan fingerprint density at radius 3 is 2.10 bits per heavy atom. The summed E-state index contributed by atoms with van der Waals surface area (Å²) in [7, 11) is 0. The van der Waals surface area contributed by atoms with Crippen molar-refractivity contribution in [3.63, 3.8) is 0 Å². The van der Waals surface area contributed by atoms with Crippen molar-refractivity contribution in [2.24, 2.45) is 0 Å². The monoisotopic (exact) mass is 274 g/mol. The topological polar surface area (TPSA) is 9.23 Å². The summed E-state index contributed by atoms with van der Waals surface area (Å²) in [4.78, 5) is 0. The molecule has 0 fully saturated rings. The van der Waals surface area contributed by atoms with Gasteiger partial charge in [-0.3, -0.25) is 0 Å². The van der Waals surface area contributed by atoms with Gasteiger partial charge >= 0.3 is 0 Å². The van der Waals surface area contributed by atoms with Gasteiger partial charge in [-0.15, -0.1) is 0 Å². The van der Waals surface area contributed by atoms with Gasteiger partial charge in [0, 0.05) is 5.56 Å². The Morgan fingerprint density at radius 1 is 0.714 bits per heavy atom. The number of aryl methyl sites for hydroxylation is 1. The Bertz CT molecular complexity index is 702. The highest BCUT2D eigenvalue weighted by Gasteiger charge is 2.09. The van der Waals surface area contributed by atoms with Crippen molar-refractivity contribution in [1.29, 1.82) is 0 Å². The van der Waals surface area contributed by atoms with Crippen LogP contribution in [0.25, 0.3) is 11.1 Å². The van der Waals surface area contributed by atoms with Crippen molar-refractivity contribution >= 4 is 0 Å². The number of ether oxygens (including phenoxy) is 1. The van der Waals surface area contributed by atoms with E-state index >= 15 is 0 Å². The fourth-order valence-corrected chi connectivity index (χ4v) is 2.42. The second kappa shape index (κ2) is 6.27. The summed E-state index contributed by atoms with van der Waals surface area (Å²) in [5.74, 6) is 0.965. The summed E-state index contributed by atoms with van der Waals surface area (Å²) >= 11 is 0. The Morgan fingerprint density at radius 2 is 1.38 bits per heavy atom. The number of benzene rings is 3. The lowest BCUT2D eigenvalue weighted by Gasteiger charge is -2.14. The van der Waals surface area contributed by atoms with Gasteiger partial charge in [0.15, 0.2) is 0 Å². The molecule has 3 rings (SSSR count). The molecule has 0 heterocycles. The van der Waals surface area contributed by atoms with E-state index in [0.717, 1.165) is 16.9 Å². The summed E-state index contributed by atoms with van der Waals surface area (Å²) < 4.78 is 6.11. The van der Waals surface area contributed by atoms with Gasteiger partial charge in [0.05, 0.1) is 0 Å².